The molecule has 0 aliphatic rings. The minimum absolute atomic E-state index is 0.0583. The molecular formula is C13H17ClO5S. The highest BCUT2D eigenvalue weighted by molar-refractivity contribution is 8.13. The Morgan fingerprint density at radius 2 is 1.95 bits per heavy atom. The molecule has 0 spiro atoms. The number of halogens is 1. The predicted molar refractivity (Wildman–Crippen MR) is 76.0 cm³/mol. The van der Waals surface area contributed by atoms with Gasteiger partial charge in [0.15, 0.2) is 0 Å². The molecule has 0 atom stereocenters. The maximum Gasteiger partial charge on any atom is 0.339 e. The second-order valence-electron chi connectivity index (χ2n) is 5.56. The fourth-order valence-electron chi connectivity index (χ4n) is 1.42. The van der Waals surface area contributed by atoms with E-state index in [1.807, 2.05) is 20.8 Å². The van der Waals surface area contributed by atoms with Crippen LogP contribution in [-0.4, -0.2) is 26.1 Å². The Labute approximate surface area is 122 Å². The van der Waals surface area contributed by atoms with Crippen LogP contribution in [0.4, 0.5) is 0 Å². The van der Waals surface area contributed by atoms with Gasteiger partial charge in [-0.3, -0.25) is 0 Å². The summed E-state index contributed by atoms with van der Waals surface area (Å²) in [5.41, 5.74) is -0.163. The van der Waals surface area contributed by atoms with Crippen molar-refractivity contribution in [3.8, 4) is 5.75 Å². The van der Waals surface area contributed by atoms with Crippen molar-refractivity contribution in [3.05, 3.63) is 23.8 Å². The Kier molecular flexibility index (Phi) is 5.05. The van der Waals surface area contributed by atoms with Crippen molar-refractivity contribution in [1.82, 2.24) is 0 Å². The van der Waals surface area contributed by atoms with Crippen LogP contribution in [0.2, 0.25) is 0 Å². The molecular weight excluding hydrogens is 304 g/mol. The molecule has 0 amide bonds. The van der Waals surface area contributed by atoms with Crippen molar-refractivity contribution in [2.24, 2.45) is 5.41 Å². The third-order valence-electron chi connectivity index (χ3n) is 2.57. The lowest BCUT2D eigenvalue weighted by Crippen LogP contribution is -2.12. The molecule has 0 bridgehead atoms. The minimum atomic E-state index is -3.97. The highest BCUT2D eigenvalue weighted by atomic mass is 35.7. The number of carboxylic acids is 1. The van der Waals surface area contributed by atoms with Gasteiger partial charge in [-0.25, -0.2) is 13.2 Å². The van der Waals surface area contributed by atoms with Crippen LogP contribution < -0.4 is 4.74 Å². The van der Waals surface area contributed by atoms with E-state index in [4.69, 9.17) is 20.5 Å². The zero-order valence-electron chi connectivity index (χ0n) is 11.5. The first-order valence-electron chi connectivity index (χ1n) is 5.95. The van der Waals surface area contributed by atoms with E-state index in [-0.39, 0.29) is 21.6 Å². The summed E-state index contributed by atoms with van der Waals surface area (Å²) in [7, 11) is 1.22. The van der Waals surface area contributed by atoms with E-state index in [9.17, 15) is 13.2 Å². The number of carbonyl (C=O) groups is 1. The fourth-order valence-corrected chi connectivity index (χ4v) is 2.20. The van der Waals surface area contributed by atoms with Crippen LogP contribution in [0.3, 0.4) is 0 Å². The number of benzene rings is 1. The summed E-state index contributed by atoms with van der Waals surface area (Å²) in [6, 6.07) is 3.53. The van der Waals surface area contributed by atoms with Crippen LogP contribution in [0, 0.1) is 5.41 Å². The molecule has 0 saturated carbocycles. The van der Waals surface area contributed by atoms with Crippen molar-refractivity contribution in [3.63, 3.8) is 0 Å². The minimum Gasteiger partial charge on any atom is -0.493 e. The maximum absolute atomic E-state index is 11.2. The lowest BCUT2D eigenvalue weighted by molar-refractivity contribution is 0.0691. The molecule has 0 fully saturated rings. The van der Waals surface area contributed by atoms with E-state index in [0.717, 1.165) is 12.5 Å². The molecule has 0 aliphatic carbocycles. The lowest BCUT2D eigenvalue weighted by atomic mass is 9.93. The molecule has 1 N–H and O–H groups in total. The highest BCUT2D eigenvalue weighted by Crippen LogP contribution is 2.26. The molecule has 0 radical (unpaired) electrons. The molecule has 20 heavy (non-hydrogen) atoms. The normalized spacial score (nSPS) is 12.2. The SMILES string of the molecule is CC(C)(C)CCOc1ccc(S(=O)(=O)Cl)cc1C(=O)O. The smallest absolute Gasteiger partial charge is 0.339 e. The largest absolute Gasteiger partial charge is 0.493 e. The number of rotatable bonds is 5. The van der Waals surface area contributed by atoms with E-state index < -0.39 is 15.0 Å². The van der Waals surface area contributed by atoms with Crippen molar-refractivity contribution in [2.75, 3.05) is 6.61 Å². The summed E-state index contributed by atoms with van der Waals surface area (Å²) < 4.78 is 27.8. The molecule has 0 saturated heterocycles. The van der Waals surface area contributed by atoms with E-state index in [2.05, 4.69) is 0 Å². The zero-order valence-corrected chi connectivity index (χ0v) is 13.1. The summed E-state index contributed by atoms with van der Waals surface area (Å²) >= 11 is 0. The molecule has 0 heterocycles. The first-order chi connectivity index (χ1) is 9.00. The van der Waals surface area contributed by atoms with E-state index >= 15 is 0 Å². The summed E-state index contributed by atoms with van der Waals surface area (Å²) in [5, 5.41) is 9.10. The molecule has 112 valence electrons. The van der Waals surface area contributed by atoms with Gasteiger partial charge in [-0.05, 0) is 30.0 Å². The highest BCUT2D eigenvalue weighted by Gasteiger charge is 2.18. The van der Waals surface area contributed by atoms with Gasteiger partial charge in [0.05, 0.1) is 11.5 Å². The maximum atomic E-state index is 11.2. The number of aromatic carboxylic acids is 1. The van der Waals surface area contributed by atoms with Gasteiger partial charge in [0.1, 0.15) is 11.3 Å². The van der Waals surface area contributed by atoms with Crippen LogP contribution >= 0.6 is 10.7 Å². The summed E-state index contributed by atoms with van der Waals surface area (Å²) in [6.07, 6.45) is 0.738. The average Bonchev–Trinajstić information content (AvgIpc) is 2.25. The second-order valence-corrected chi connectivity index (χ2v) is 8.13. The Balaban J connectivity index is 3.00. The molecule has 1 rings (SSSR count). The van der Waals surface area contributed by atoms with E-state index in [1.165, 1.54) is 12.1 Å². The van der Waals surface area contributed by atoms with Crippen LogP contribution in [0.5, 0.6) is 5.75 Å². The molecule has 1 aromatic rings. The topological polar surface area (TPSA) is 80.7 Å². The van der Waals surface area contributed by atoms with Gasteiger partial charge in [0, 0.05) is 10.7 Å². The van der Waals surface area contributed by atoms with Crippen LogP contribution in [-0.2, 0) is 9.05 Å². The standard InChI is InChI=1S/C13H17ClO5S/c1-13(2,3)6-7-19-11-5-4-9(20(14,17)18)8-10(11)12(15)16/h4-5,8H,6-7H2,1-3H3,(H,15,16). The van der Waals surface area contributed by atoms with Gasteiger partial charge in [0.25, 0.3) is 9.05 Å². The fraction of sp³-hybridized carbons (Fsp3) is 0.462. The summed E-state index contributed by atoms with van der Waals surface area (Å²) in [4.78, 5) is 10.9. The molecule has 1 aromatic carbocycles. The van der Waals surface area contributed by atoms with Crippen LogP contribution in [0.15, 0.2) is 23.1 Å². The van der Waals surface area contributed by atoms with Gasteiger partial charge in [-0.1, -0.05) is 20.8 Å². The monoisotopic (exact) mass is 320 g/mol. The zero-order chi connectivity index (χ0) is 15.6. The second kappa shape index (κ2) is 6.01. The van der Waals surface area contributed by atoms with Gasteiger partial charge in [-0.15, -0.1) is 0 Å². The van der Waals surface area contributed by atoms with Crippen LogP contribution in [0.1, 0.15) is 37.6 Å². The lowest BCUT2D eigenvalue weighted by Gasteiger charge is -2.18. The first-order valence-corrected chi connectivity index (χ1v) is 8.26. The Bertz CT molecular complexity index is 602. The Hall–Kier alpha value is -1.27. The van der Waals surface area contributed by atoms with Crippen molar-refractivity contribution in [1.29, 1.82) is 0 Å². The predicted octanol–water partition coefficient (Wildman–Crippen LogP) is 3.13. The molecule has 5 nitrogen and oxygen atoms in total. The van der Waals surface area contributed by atoms with Gasteiger partial charge >= 0.3 is 5.97 Å². The van der Waals surface area contributed by atoms with E-state index in [0.29, 0.717) is 6.61 Å². The number of carboxylic acid groups (broad SMARTS) is 1. The molecule has 0 aromatic heterocycles. The van der Waals surface area contributed by atoms with Crippen molar-refractivity contribution in [2.45, 2.75) is 32.1 Å². The van der Waals surface area contributed by atoms with Crippen molar-refractivity contribution >= 4 is 25.7 Å². The Morgan fingerprint density at radius 1 is 1.35 bits per heavy atom. The number of hydrogen-bond donors (Lipinski definition) is 1. The first kappa shape index (κ1) is 16.8. The van der Waals surface area contributed by atoms with Crippen molar-refractivity contribution < 1.29 is 23.1 Å². The molecule has 0 unspecified atom stereocenters. The summed E-state index contributed by atoms with van der Waals surface area (Å²) in [6.45, 7) is 6.46. The molecule has 0 aliphatic heterocycles. The van der Waals surface area contributed by atoms with Crippen LogP contribution in [0.25, 0.3) is 0 Å². The summed E-state index contributed by atoms with van der Waals surface area (Å²) in [5.74, 6) is -1.14. The van der Waals surface area contributed by atoms with Gasteiger partial charge in [0.2, 0.25) is 0 Å². The third kappa shape index (κ3) is 5.02. The quantitative estimate of drug-likeness (QED) is 0.843. The molecule has 7 heteroatoms. The third-order valence-corrected chi connectivity index (χ3v) is 3.92. The van der Waals surface area contributed by atoms with Gasteiger partial charge in [-0.2, -0.15) is 0 Å². The number of hydrogen-bond acceptors (Lipinski definition) is 4. The van der Waals surface area contributed by atoms with Gasteiger partial charge < -0.3 is 9.84 Å². The van der Waals surface area contributed by atoms with E-state index in [1.54, 1.807) is 0 Å². The average molecular weight is 321 g/mol. The Morgan fingerprint density at radius 3 is 2.40 bits per heavy atom. The number of ether oxygens (including phenoxy) is 1.